The molecule has 0 spiro atoms. The van der Waals surface area contributed by atoms with E-state index >= 15 is 0 Å². The Morgan fingerprint density at radius 2 is 1.94 bits per heavy atom. The van der Waals surface area contributed by atoms with Gasteiger partial charge in [0, 0.05) is 28.9 Å². The molecule has 4 rings (SSSR count). The monoisotopic (exact) mass is 453 g/mol. The minimum atomic E-state index is -0.457. The van der Waals surface area contributed by atoms with E-state index in [1.54, 1.807) is 18.3 Å². The van der Waals surface area contributed by atoms with Crippen molar-refractivity contribution >= 4 is 16.8 Å². The molecule has 0 aliphatic rings. The molecule has 0 saturated carbocycles. The maximum absolute atomic E-state index is 13.3. The second-order valence-corrected chi connectivity index (χ2v) is 8.26. The molecule has 1 atom stereocenters. The fourth-order valence-corrected chi connectivity index (χ4v) is 3.71. The van der Waals surface area contributed by atoms with Crippen LogP contribution in [0.1, 0.15) is 41.0 Å². The van der Waals surface area contributed by atoms with Gasteiger partial charge in [0.1, 0.15) is 11.4 Å². The third-order valence-corrected chi connectivity index (χ3v) is 5.28. The Hall–Kier alpha value is -4.08. The Bertz CT molecular complexity index is 1330. The molecule has 6 nitrogen and oxygen atoms in total. The molecule has 2 aromatic carbocycles. The largest absolute Gasteiger partial charge is 0.490 e. The number of carbonyl (C=O) groups excluding carboxylic acids is 1. The zero-order valence-electron chi connectivity index (χ0n) is 19.2. The Kier molecular flexibility index (Phi) is 7.26. The molecule has 0 aliphatic heterocycles. The smallest absolute Gasteiger partial charge is 0.255 e. The van der Waals surface area contributed by atoms with Crippen LogP contribution < -0.4 is 10.1 Å². The van der Waals surface area contributed by atoms with Crippen molar-refractivity contribution in [3.63, 3.8) is 0 Å². The third-order valence-electron chi connectivity index (χ3n) is 5.28. The number of aliphatic hydroxyl groups excluding tert-OH is 1. The highest BCUT2D eigenvalue weighted by Crippen LogP contribution is 2.23. The highest BCUT2D eigenvalue weighted by molar-refractivity contribution is 5.97. The number of ether oxygens (including phenoxy) is 1. The van der Waals surface area contributed by atoms with Gasteiger partial charge >= 0.3 is 0 Å². The van der Waals surface area contributed by atoms with Crippen molar-refractivity contribution in [1.82, 2.24) is 15.3 Å². The number of benzene rings is 2. The number of pyridine rings is 1. The standard InChI is InChI=1S/C28H27N3O3/c1-19(2)34-27-13-11-20(10-12-22-7-5-6-14-29-22)15-25(27)28(33)31-23(18-32)16-21-17-30-26-9-4-3-8-24(21)26/h3-9,11,13-15,17,19,23,30,32H,16,18H2,1-2H3,(H,31,33). The predicted octanol–water partition coefficient (Wildman–Crippen LogP) is 4.08. The molecule has 172 valence electrons. The van der Waals surface area contributed by atoms with E-state index in [0.717, 1.165) is 16.5 Å². The Balaban J connectivity index is 1.57. The maximum Gasteiger partial charge on any atom is 0.255 e. The lowest BCUT2D eigenvalue weighted by molar-refractivity contribution is 0.0910. The number of H-pyrrole nitrogens is 1. The van der Waals surface area contributed by atoms with Crippen LogP contribution in [0, 0.1) is 11.8 Å². The molecule has 2 aromatic heterocycles. The van der Waals surface area contributed by atoms with Crippen molar-refractivity contribution in [3.8, 4) is 17.6 Å². The van der Waals surface area contributed by atoms with Crippen LogP contribution >= 0.6 is 0 Å². The molecule has 0 aliphatic carbocycles. The summed E-state index contributed by atoms with van der Waals surface area (Å²) in [6, 6.07) is 18.3. The number of hydrogen-bond donors (Lipinski definition) is 3. The van der Waals surface area contributed by atoms with E-state index in [1.807, 2.05) is 68.6 Å². The summed E-state index contributed by atoms with van der Waals surface area (Å²) in [5, 5.41) is 14.0. The molecule has 1 unspecified atom stereocenters. The van der Waals surface area contributed by atoms with E-state index < -0.39 is 6.04 Å². The number of aromatic amines is 1. The van der Waals surface area contributed by atoms with E-state index in [-0.39, 0.29) is 18.6 Å². The van der Waals surface area contributed by atoms with Crippen LogP contribution in [-0.2, 0) is 6.42 Å². The summed E-state index contributed by atoms with van der Waals surface area (Å²) in [6.07, 6.45) is 3.99. The van der Waals surface area contributed by atoms with Gasteiger partial charge in [0.05, 0.1) is 24.3 Å². The molecular formula is C28H27N3O3. The molecule has 2 heterocycles. The lowest BCUT2D eigenvalue weighted by Gasteiger charge is -2.19. The van der Waals surface area contributed by atoms with E-state index in [0.29, 0.717) is 29.0 Å². The number of fused-ring (bicyclic) bond motifs is 1. The molecule has 34 heavy (non-hydrogen) atoms. The van der Waals surface area contributed by atoms with E-state index in [1.165, 1.54) is 0 Å². The summed E-state index contributed by atoms with van der Waals surface area (Å²) in [5.41, 5.74) is 3.74. The second kappa shape index (κ2) is 10.7. The van der Waals surface area contributed by atoms with Gasteiger partial charge in [-0.2, -0.15) is 0 Å². The normalized spacial score (nSPS) is 11.6. The Labute approximate surface area is 199 Å². The average molecular weight is 454 g/mol. The lowest BCUT2D eigenvalue weighted by atomic mass is 10.0. The van der Waals surface area contributed by atoms with Crippen LogP contribution in [0.25, 0.3) is 10.9 Å². The van der Waals surface area contributed by atoms with Crippen molar-refractivity contribution in [2.45, 2.75) is 32.4 Å². The minimum absolute atomic E-state index is 0.100. The average Bonchev–Trinajstić information content (AvgIpc) is 3.26. The van der Waals surface area contributed by atoms with E-state index in [2.05, 4.69) is 27.1 Å². The predicted molar refractivity (Wildman–Crippen MR) is 133 cm³/mol. The summed E-state index contributed by atoms with van der Waals surface area (Å²) in [4.78, 5) is 20.7. The lowest BCUT2D eigenvalue weighted by Crippen LogP contribution is -2.39. The van der Waals surface area contributed by atoms with Crippen molar-refractivity contribution in [2.75, 3.05) is 6.61 Å². The molecule has 0 radical (unpaired) electrons. The van der Waals surface area contributed by atoms with Gasteiger partial charge in [-0.25, -0.2) is 4.98 Å². The van der Waals surface area contributed by atoms with Gasteiger partial charge in [0.25, 0.3) is 5.91 Å². The van der Waals surface area contributed by atoms with Crippen LogP contribution in [0.15, 0.2) is 73.1 Å². The molecule has 1 amide bonds. The number of nitrogens with one attached hydrogen (secondary N) is 2. The number of amides is 1. The van der Waals surface area contributed by atoms with E-state index in [9.17, 15) is 9.90 Å². The molecule has 6 heteroatoms. The number of nitrogens with zero attached hydrogens (tertiary/aromatic N) is 1. The summed E-state index contributed by atoms with van der Waals surface area (Å²) in [7, 11) is 0. The first-order valence-electron chi connectivity index (χ1n) is 11.2. The van der Waals surface area contributed by atoms with E-state index in [4.69, 9.17) is 4.74 Å². The highest BCUT2D eigenvalue weighted by Gasteiger charge is 2.19. The van der Waals surface area contributed by atoms with Crippen LogP contribution in [0.2, 0.25) is 0 Å². The van der Waals surface area contributed by atoms with Gasteiger partial charge < -0.3 is 20.1 Å². The first-order chi connectivity index (χ1) is 16.5. The third kappa shape index (κ3) is 5.64. The van der Waals surface area contributed by atoms with Crippen molar-refractivity contribution in [1.29, 1.82) is 0 Å². The Morgan fingerprint density at radius 3 is 2.71 bits per heavy atom. The van der Waals surface area contributed by atoms with Gasteiger partial charge in [0.15, 0.2) is 0 Å². The molecular weight excluding hydrogens is 426 g/mol. The molecule has 0 fully saturated rings. The van der Waals surface area contributed by atoms with Gasteiger partial charge in [-0.3, -0.25) is 4.79 Å². The van der Waals surface area contributed by atoms with Crippen LogP contribution in [0.4, 0.5) is 0 Å². The van der Waals surface area contributed by atoms with Crippen LogP contribution in [-0.4, -0.2) is 39.7 Å². The fourth-order valence-electron chi connectivity index (χ4n) is 3.71. The molecule has 0 bridgehead atoms. The summed E-state index contributed by atoms with van der Waals surface area (Å²) < 4.78 is 5.87. The fraction of sp³-hybridized carbons (Fsp3) is 0.214. The highest BCUT2D eigenvalue weighted by atomic mass is 16.5. The number of aromatic nitrogens is 2. The summed E-state index contributed by atoms with van der Waals surface area (Å²) in [6.45, 7) is 3.62. The SMILES string of the molecule is CC(C)Oc1ccc(C#Cc2ccccn2)cc1C(=O)NC(CO)Cc1c[nH]c2ccccc12. The number of hydrogen-bond acceptors (Lipinski definition) is 4. The summed E-state index contributed by atoms with van der Waals surface area (Å²) >= 11 is 0. The number of carbonyl (C=O) groups is 1. The summed E-state index contributed by atoms with van der Waals surface area (Å²) in [5.74, 6) is 6.22. The molecule has 4 aromatic rings. The topological polar surface area (TPSA) is 87.2 Å². The number of aliphatic hydroxyl groups is 1. The molecule has 3 N–H and O–H groups in total. The number of rotatable bonds is 7. The zero-order chi connectivity index (χ0) is 23.9. The van der Waals surface area contributed by atoms with Gasteiger partial charge in [-0.15, -0.1) is 0 Å². The first-order valence-corrected chi connectivity index (χ1v) is 11.2. The van der Waals surface area contributed by atoms with Crippen molar-refractivity contribution < 1.29 is 14.6 Å². The molecule has 0 saturated heterocycles. The van der Waals surface area contributed by atoms with Gasteiger partial charge in [-0.05, 0) is 68.2 Å². The Morgan fingerprint density at radius 1 is 1.12 bits per heavy atom. The van der Waals surface area contributed by atoms with Gasteiger partial charge in [-0.1, -0.05) is 30.2 Å². The van der Waals surface area contributed by atoms with Crippen LogP contribution in [0.5, 0.6) is 5.75 Å². The second-order valence-electron chi connectivity index (χ2n) is 8.26. The van der Waals surface area contributed by atoms with Crippen molar-refractivity contribution in [2.24, 2.45) is 0 Å². The zero-order valence-corrected chi connectivity index (χ0v) is 19.2. The first kappa shape index (κ1) is 23.1. The quantitative estimate of drug-likeness (QED) is 0.368. The maximum atomic E-state index is 13.3. The minimum Gasteiger partial charge on any atom is -0.490 e. The van der Waals surface area contributed by atoms with Gasteiger partial charge in [0.2, 0.25) is 0 Å². The number of para-hydroxylation sites is 1. The van der Waals surface area contributed by atoms with Crippen molar-refractivity contribution in [3.05, 3.63) is 95.4 Å². The van der Waals surface area contributed by atoms with Crippen LogP contribution in [0.3, 0.4) is 0 Å².